The van der Waals surface area contributed by atoms with Crippen molar-refractivity contribution in [1.82, 2.24) is 5.32 Å². The van der Waals surface area contributed by atoms with Gasteiger partial charge in [0.15, 0.2) is 0 Å². The second-order valence-corrected chi connectivity index (χ2v) is 5.14. The van der Waals surface area contributed by atoms with Gasteiger partial charge in [-0.05, 0) is 52.8 Å². The van der Waals surface area contributed by atoms with E-state index in [1.54, 1.807) is 18.2 Å². The minimum absolute atomic E-state index is 0.0124. The minimum Gasteiger partial charge on any atom is -0.322 e. The lowest BCUT2D eigenvalue weighted by Gasteiger charge is -2.08. The van der Waals surface area contributed by atoms with Gasteiger partial charge in [0.25, 0.3) is 5.91 Å². The molecule has 0 aliphatic heterocycles. The third kappa shape index (κ3) is 3.43. The van der Waals surface area contributed by atoms with Crippen LogP contribution in [0.1, 0.15) is 15.9 Å². The Morgan fingerprint density at radius 1 is 1.25 bits per heavy atom. The molecule has 0 radical (unpaired) electrons. The van der Waals surface area contributed by atoms with Gasteiger partial charge >= 0.3 is 0 Å². The van der Waals surface area contributed by atoms with Crippen LogP contribution in [0.25, 0.3) is 0 Å². The Labute approximate surface area is 125 Å². The number of nitrogens with one attached hydrogen (secondary N) is 2. The van der Waals surface area contributed by atoms with Gasteiger partial charge in [0.1, 0.15) is 5.82 Å². The van der Waals surface area contributed by atoms with Crippen LogP contribution in [0.4, 0.5) is 10.1 Å². The van der Waals surface area contributed by atoms with E-state index in [4.69, 9.17) is 0 Å². The summed E-state index contributed by atoms with van der Waals surface area (Å²) in [6, 6.07) is 12.1. The number of anilines is 1. The number of hydrogen-bond acceptors (Lipinski definition) is 2. The van der Waals surface area contributed by atoms with Crippen LogP contribution in [0.2, 0.25) is 0 Å². The zero-order valence-electron chi connectivity index (χ0n) is 10.9. The number of carbonyl (C=O) groups excluding carboxylic acids is 1. The maximum absolute atomic E-state index is 13.8. The van der Waals surface area contributed by atoms with E-state index in [2.05, 4.69) is 26.6 Å². The quantitative estimate of drug-likeness (QED) is 0.896. The lowest BCUT2D eigenvalue weighted by molar-refractivity contribution is 0.102. The zero-order chi connectivity index (χ0) is 14.5. The molecule has 104 valence electrons. The van der Waals surface area contributed by atoms with Gasteiger partial charge in [-0.1, -0.05) is 18.2 Å². The Hall–Kier alpha value is -1.72. The average molecular weight is 337 g/mol. The van der Waals surface area contributed by atoms with E-state index in [9.17, 15) is 9.18 Å². The largest absolute Gasteiger partial charge is 0.322 e. The summed E-state index contributed by atoms with van der Waals surface area (Å²) in [5.41, 5.74) is 1.69. The molecule has 0 saturated heterocycles. The maximum Gasteiger partial charge on any atom is 0.258 e. The van der Waals surface area contributed by atoms with E-state index in [-0.39, 0.29) is 10.0 Å². The van der Waals surface area contributed by atoms with Crippen LogP contribution in [-0.4, -0.2) is 13.0 Å². The van der Waals surface area contributed by atoms with Crippen molar-refractivity contribution in [1.29, 1.82) is 0 Å². The van der Waals surface area contributed by atoms with Gasteiger partial charge in [-0.3, -0.25) is 4.79 Å². The van der Waals surface area contributed by atoms with Crippen LogP contribution in [0.5, 0.6) is 0 Å². The Kier molecular flexibility index (Phi) is 4.87. The van der Waals surface area contributed by atoms with E-state index < -0.39 is 11.7 Å². The monoisotopic (exact) mass is 336 g/mol. The summed E-state index contributed by atoms with van der Waals surface area (Å²) in [5, 5.41) is 5.73. The molecule has 0 spiro atoms. The van der Waals surface area contributed by atoms with Gasteiger partial charge in [-0.2, -0.15) is 0 Å². The molecule has 2 rings (SSSR count). The van der Waals surface area contributed by atoms with Crippen LogP contribution < -0.4 is 10.6 Å². The number of rotatable bonds is 4. The number of benzene rings is 2. The normalized spacial score (nSPS) is 10.3. The average Bonchev–Trinajstić information content (AvgIpc) is 2.42. The van der Waals surface area contributed by atoms with E-state index in [0.717, 1.165) is 5.56 Å². The van der Waals surface area contributed by atoms with Crippen molar-refractivity contribution in [3.63, 3.8) is 0 Å². The van der Waals surface area contributed by atoms with Crippen LogP contribution >= 0.6 is 15.9 Å². The van der Waals surface area contributed by atoms with Crippen LogP contribution in [-0.2, 0) is 6.54 Å². The summed E-state index contributed by atoms with van der Waals surface area (Å²) in [4.78, 5) is 12.1. The second-order valence-electron chi connectivity index (χ2n) is 4.29. The summed E-state index contributed by atoms with van der Waals surface area (Å²) >= 11 is 3.07. The molecule has 0 saturated carbocycles. The van der Waals surface area contributed by atoms with Crippen LogP contribution in [0.15, 0.2) is 46.9 Å². The number of hydrogen-bond donors (Lipinski definition) is 2. The highest BCUT2D eigenvalue weighted by molar-refractivity contribution is 9.10. The maximum atomic E-state index is 13.8. The Morgan fingerprint density at radius 3 is 2.75 bits per heavy atom. The van der Waals surface area contributed by atoms with Crippen molar-refractivity contribution in [2.75, 3.05) is 12.4 Å². The third-order valence-corrected chi connectivity index (χ3v) is 3.37. The predicted molar refractivity (Wildman–Crippen MR) is 81.3 cm³/mol. The fourth-order valence-corrected chi connectivity index (χ4v) is 2.21. The topological polar surface area (TPSA) is 41.1 Å². The molecule has 5 heteroatoms. The predicted octanol–water partition coefficient (Wildman–Crippen LogP) is 3.56. The lowest BCUT2D eigenvalue weighted by atomic mass is 10.1. The number of carbonyl (C=O) groups is 1. The van der Waals surface area contributed by atoms with Crippen LogP contribution in [0.3, 0.4) is 0 Å². The zero-order valence-corrected chi connectivity index (χ0v) is 12.5. The first-order valence-electron chi connectivity index (χ1n) is 6.10. The highest BCUT2D eigenvalue weighted by Gasteiger charge is 2.13. The Morgan fingerprint density at radius 2 is 2.00 bits per heavy atom. The van der Waals surface area contributed by atoms with Crippen molar-refractivity contribution in [3.8, 4) is 0 Å². The molecule has 0 aliphatic carbocycles. The molecule has 2 aromatic rings. The number of amides is 1. The van der Waals surface area contributed by atoms with E-state index >= 15 is 0 Å². The first kappa shape index (κ1) is 14.7. The standard InChI is InChI=1S/C15H14BrFN2O/c1-18-9-10-4-2-5-11(8-10)19-15(20)12-6-3-7-13(16)14(12)17/h2-8,18H,9H2,1H3,(H,19,20). The SMILES string of the molecule is CNCc1cccc(NC(=O)c2cccc(Br)c2F)c1. The fourth-order valence-electron chi connectivity index (χ4n) is 1.84. The minimum atomic E-state index is -0.559. The molecular weight excluding hydrogens is 323 g/mol. The molecule has 0 heterocycles. The fraction of sp³-hybridized carbons (Fsp3) is 0.133. The van der Waals surface area contributed by atoms with Gasteiger partial charge < -0.3 is 10.6 Å². The summed E-state index contributed by atoms with van der Waals surface area (Å²) in [5.74, 6) is -1.03. The molecule has 0 bridgehead atoms. The molecule has 0 atom stereocenters. The van der Waals surface area contributed by atoms with Crippen molar-refractivity contribution >= 4 is 27.5 Å². The summed E-state index contributed by atoms with van der Waals surface area (Å²) in [6.45, 7) is 0.703. The molecular formula is C15H14BrFN2O. The highest BCUT2D eigenvalue weighted by Crippen LogP contribution is 2.20. The van der Waals surface area contributed by atoms with E-state index in [1.165, 1.54) is 6.07 Å². The molecule has 1 amide bonds. The molecule has 0 aromatic heterocycles. The molecule has 2 N–H and O–H groups in total. The van der Waals surface area contributed by atoms with E-state index in [0.29, 0.717) is 12.2 Å². The first-order valence-corrected chi connectivity index (χ1v) is 6.90. The Bertz CT molecular complexity index is 631. The lowest BCUT2D eigenvalue weighted by Crippen LogP contribution is -2.14. The van der Waals surface area contributed by atoms with Gasteiger partial charge in [0.05, 0.1) is 10.0 Å². The smallest absolute Gasteiger partial charge is 0.258 e. The molecule has 0 unspecified atom stereocenters. The van der Waals surface area contributed by atoms with Gasteiger partial charge in [-0.15, -0.1) is 0 Å². The molecule has 3 nitrogen and oxygen atoms in total. The Balaban J connectivity index is 2.19. The number of halogens is 2. The molecule has 0 fully saturated rings. The second kappa shape index (κ2) is 6.63. The summed E-state index contributed by atoms with van der Waals surface area (Å²) in [6.07, 6.45) is 0. The summed E-state index contributed by atoms with van der Waals surface area (Å²) in [7, 11) is 1.85. The third-order valence-electron chi connectivity index (χ3n) is 2.76. The van der Waals surface area contributed by atoms with Gasteiger partial charge in [-0.25, -0.2) is 4.39 Å². The molecule has 0 aliphatic rings. The van der Waals surface area contributed by atoms with Crippen molar-refractivity contribution < 1.29 is 9.18 Å². The molecule has 2 aromatic carbocycles. The molecule has 20 heavy (non-hydrogen) atoms. The van der Waals surface area contributed by atoms with Crippen LogP contribution in [0, 0.1) is 5.82 Å². The van der Waals surface area contributed by atoms with Crippen molar-refractivity contribution in [2.45, 2.75) is 6.54 Å². The highest BCUT2D eigenvalue weighted by atomic mass is 79.9. The van der Waals surface area contributed by atoms with Gasteiger partial charge in [0.2, 0.25) is 0 Å². The van der Waals surface area contributed by atoms with E-state index in [1.807, 2.05) is 25.2 Å². The van der Waals surface area contributed by atoms with Crippen molar-refractivity contribution in [3.05, 3.63) is 63.9 Å². The van der Waals surface area contributed by atoms with Crippen molar-refractivity contribution in [2.24, 2.45) is 0 Å². The summed E-state index contributed by atoms with van der Waals surface area (Å²) < 4.78 is 14.1. The first-order chi connectivity index (χ1) is 9.61. The van der Waals surface area contributed by atoms with Gasteiger partial charge in [0, 0.05) is 12.2 Å².